The maximum absolute atomic E-state index is 12.0. The minimum atomic E-state index is -0.972. The Kier molecular flexibility index (Phi) is 4.93. The molecular weight excluding hydrogens is 254 g/mol. The van der Waals surface area contributed by atoms with Gasteiger partial charge in [0.25, 0.3) is 0 Å². The number of aliphatic carboxylic acids is 1. The zero-order valence-corrected chi connectivity index (χ0v) is 11.3. The van der Waals surface area contributed by atoms with E-state index in [1.807, 2.05) is 42.5 Å². The topological polar surface area (TPSA) is 66.4 Å². The number of carboxylic acids is 1. The molecule has 1 aromatic carbocycles. The van der Waals surface area contributed by atoms with Crippen molar-refractivity contribution in [2.24, 2.45) is 5.92 Å². The van der Waals surface area contributed by atoms with Gasteiger partial charge in [-0.15, -0.1) is 0 Å². The van der Waals surface area contributed by atoms with Crippen molar-refractivity contribution >= 4 is 11.9 Å². The number of carbonyl (C=O) groups excluding carboxylic acids is 1. The zero-order chi connectivity index (χ0) is 14.4. The Morgan fingerprint density at radius 2 is 1.85 bits per heavy atom. The van der Waals surface area contributed by atoms with E-state index in [-0.39, 0.29) is 11.8 Å². The highest BCUT2D eigenvalue weighted by Gasteiger charge is 2.25. The molecule has 106 valence electrons. The molecular formula is C16H19NO3. The van der Waals surface area contributed by atoms with E-state index < -0.39 is 12.0 Å². The molecule has 1 aliphatic rings. The van der Waals surface area contributed by atoms with E-state index in [0.717, 1.165) is 5.56 Å². The number of benzene rings is 1. The Morgan fingerprint density at radius 3 is 2.45 bits per heavy atom. The first kappa shape index (κ1) is 14.3. The van der Waals surface area contributed by atoms with Crippen molar-refractivity contribution in [3.05, 3.63) is 48.0 Å². The number of hydrogen-bond acceptors (Lipinski definition) is 2. The molecule has 0 bridgehead atoms. The van der Waals surface area contributed by atoms with Crippen LogP contribution in [0.15, 0.2) is 42.5 Å². The monoisotopic (exact) mass is 273 g/mol. The third-order valence-corrected chi connectivity index (χ3v) is 3.56. The van der Waals surface area contributed by atoms with Crippen molar-refractivity contribution in [2.75, 3.05) is 0 Å². The number of hydrogen-bond donors (Lipinski definition) is 2. The molecule has 1 aromatic rings. The molecule has 0 aliphatic heterocycles. The molecule has 0 aromatic heterocycles. The average Bonchev–Trinajstić information content (AvgIpc) is 2.98. The van der Waals surface area contributed by atoms with E-state index in [9.17, 15) is 14.7 Å². The van der Waals surface area contributed by atoms with Crippen molar-refractivity contribution in [3.8, 4) is 0 Å². The number of carbonyl (C=O) groups is 2. The number of aryl methyl sites for hydroxylation is 1. The van der Waals surface area contributed by atoms with Gasteiger partial charge in [0.1, 0.15) is 6.04 Å². The van der Waals surface area contributed by atoms with E-state index in [2.05, 4.69) is 5.32 Å². The maximum atomic E-state index is 12.0. The smallest absolute Gasteiger partial charge is 0.326 e. The van der Waals surface area contributed by atoms with E-state index in [1.54, 1.807) is 0 Å². The Morgan fingerprint density at radius 1 is 1.20 bits per heavy atom. The molecule has 2 N–H and O–H groups in total. The number of allylic oxidation sites excluding steroid dienone is 2. The molecule has 4 nitrogen and oxygen atoms in total. The fourth-order valence-electron chi connectivity index (χ4n) is 2.33. The number of carboxylic acid groups (broad SMARTS) is 1. The van der Waals surface area contributed by atoms with Crippen LogP contribution in [0.5, 0.6) is 0 Å². The summed E-state index contributed by atoms with van der Waals surface area (Å²) in [6.45, 7) is 0. The minimum Gasteiger partial charge on any atom is -0.480 e. The van der Waals surface area contributed by atoms with Crippen molar-refractivity contribution < 1.29 is 14.7 Å². The van der Waals surface area contributed by atoms with Crippen LogP contribution in [0.2, 0.25) is 0 Å². The summed E-state index contributed by atoms with van der Waals surface area (Å²) in [6, 6.07) is 8.88. The molecule has 0 fully saturated rings. The van der Waals surface area contributed by atoms with Gasteiger partial charge >= 0.3 is 5.97 Å². The molecule has 1 aliphatic carbocycles. The van der Waals surface area contributed by atoms with Crippen LogP contribution in [-0.2, 0) is 16.0 Å². The molecule has 2 rings (SSSR count). The second-order valence-electron chi connectivity index (χ2n) is 5.06. The SMILES string of the molecule is O=C(N[C@@H](CCc1ccccc1)C(=O)O)C1CC=CC1. The average molecular weight is 273 g/mol. The van der Waals surface area contributed by atoms with Gasteiger partial charge in [-0.3, -0.25) is 4.79 Å². The number of amides is 1. The van der Waals surface area contributed by atoms with E-state index in [4.69, 9.17) is 0 Å². The lowest BCUT2D eigenvalue weighted by Gasteiger charge is -2.17. The Bertz CT molecular complexity index is 488. The summed E-state index contributed by atoms with van der Waals surface area (Å²) in [5.41, 5.74) is 1.08. The second-order valence-corrected chi connectivity index (χ2v) is 5.06. The molecule has 0 heterocycles. The van der Waals surface area contributed by atoms with Gasteiger partial charge in [0.05, 0.1) is 0 Å². The summed E-state index contributed by atoms with van der Waals surface area (Å²) in [5, 5.41) is 11.9. The lowest BCUT2D eigenvalue weighted by atomic mass is 10.0. The van der Waals surface area contributed by atoms with Crippen molar-refractivity contribution in [3.63, 3.8) is 0 Å². The van der Waals surface area contributed by atoms with Gasteiger partial charge in [0, 0.05) is 5.92 Å². The van der Waals surface area contributed by atoms with Crippen LogP contribution in [-0.4, -0.2) is 23.0 Å². The van der Waals surface area contributed by atoms with Gasteiger partial charge in [-0.05, 0) is 31.2 Å². The van der Waals surface area contributed by atoms with Crippen LogP contribution in [0.1, 0.15) is 24.8 Å². The fourth-order valence-corrected chi connectivity index (χ4v) is 2.33. The minimum absolute atomic E-state index is 0.103. The summed E-state index contributed by atoms with van der Waals surface area (Å²) in [6.07, 6.45) is 6.38. The maximum Gasteiger partial charge on any atom is 0.326 e. The first-order chi connectivity index (χ1) is 9.66. The highest BCUT2D eigenvalue weighted by Crippen LogP contribution is 2.18. The molecule has 0 saturated heterocycles. The molecule has 1 atom stereocenters. The summed E-state index contributed by atoms with van der Waals surface area (Å²) >= 11 is 0. The van der Waals surface area contributed by atoms with Gasteiger partial charge < -0.3 is 10.4 Å². The van der Waals surface area contributed by atoms with Crippen LogP contribution in [0.4, 0.5) is 0 Å². The standard InChI is InChI=1S/C16H19NO3/c18-15(13-8-4-5-9-13)17-14(16(19)20)11-10-12-6-2-1-3-7-12/h1-7,13-14H,8-11H2,(H,17,18)(H,19,20)/t14-/m0/s1. The molecule has 4 heteroatoms. The van der Waals surface area contributed by atoms with Crippen molar-refractivity contribution in [1.82, 2.24) is 5.32 Å². The molecule has 20 heavy (non-hydrogen) atoms. The van der Waals surface area contributed by atoms with Crippen molar-refractivity contribution in [1.29, 1.82) is 0 Å². The van der Waals surface area contributed by atoms with Crippen molar-refractivity contribution in [2.45, 2.75) is 31.7 Å². The third-order valence-electron chi connectivity index (χ3n) is 3.56. The van der Waals surface area contributed by atoms with Gasteiger partial charge in [0.15, 0.2) is 0 Å². The summed E-state index contributed by atoms with van der Waals surface area (Å²) < 4.78 is 0. The molecule has 0 saturated carbocycles. The number of rotatable bonds is 6. The summed E-state index contributed by atoms with van der Waals surface area (Å²) in [5.74, 6) is -1.23. The van der Waals surface area contributed by atoms with Gasteiger partial charge in [-0.1, -0.05) is 42.5 Å². The summed E-state index contributed by atoms with van der Waals surface area (Å²) in [4.78, 5) is 23.2. The number of nitrogens with one attached hydrogen (secondary N) is 1. The molecule has 0 unspecified atom stereocenters. The fraction of sp³-hybridized carbons (Fsp3) is 0.375. The first-order valence-electron chi connectivity index (χ1n) is 6.89. The van der Waals surface area contributed by atoms with Crippen LogP contribution in [0.3, 0.4) is 0 Å². The van der Waals surface area contributed by atoms with Gasteiger partial charge in [0.2, 0.25) is 5.91 Å². The van der Waals surface area contributed by atoms with Crippen LogP contribution >= 0.6 is 0 Å². The lowest BCUT2D eigenvalue weighted by Crippen LogP contribution is -2.43. The van der Waals surface area contributed by atoms with Crippen LogP contribution in [0, 0.1) is 5.92 Å². The quantitative estimate of drug-likeness (QED) is 0.780. The van der Waals surface area contributed by atoms with Gasteiger partial charge in [-0.25, -0.2) is 4.79 Å². The highest BCUT2D eigenvalue weighted by atomic mass is 16.4. The molecule has 1 amide bonds. The first-order valence-corrected chi connectivity index (χ1v) is 6.89. The lowest BCUT2D eigenvalue weighted by molar-refractivity contribution is -0.142. The predicted molar refractivity (Wildman–Crippen MR) is 76.2 cm³/mol. The second kappa shape index (κ2) is 6.89. The zero-order valence-electron chi connectivity index (χ0n) is 11.3. The van der Waals surface area contributed by atoms with Crippen LogP contribution < -0.4 is 5.32 Å². The van der Waals surface area contributed by atoms with Crippen LogP contribution in [0.25, 0.3) is 0 Å². The Hall–Kier alpha value is -2.10. The Balaban J connectivity index is 1.87. The molecule has 0 radical (unpaired) electrons. The summed E-state index contributed by atoms with van der Waals surface area (Å²) in [7, 11) is 0. The van der Waals surface area contributed by atoms with E-state index in [0.29, 0.717) is 25.7 Å². The Labute approximate surface area is 118 Å². The molecule has 0 spiro atoms. The largest absolute Gasteiger partial charge is 0.480 e. The van der Waals surface area contributed by atoms with E-state index >= 15 is 0 Å². The predicted octanol–water partition coefficient (Wildman–Crippen LogP) is 2.15. The normalized spacial score (nSPS) is 16.0. The highest BCUT2D eigenvalue weighted by molar-refractivity contribution is 5.85. The van der Waals surface area contributed by atoms with E-state index in [1.165, 1.54) is 0 Å². The van der Waals surface area contributed by atoms with Gasteiger partial charge in [-0.2, -0.15) is 0 Å². The third kappa shape index (κ3) is 3.95.